The zero-order chi connectivity index (χ0) is 20.7. The fourth-order valence-electron chi connectivity index (χ4n) is 3.75. The van der Waals surface area contributed by atoms with E-state index in [-0.39, 0.29) is 11.3 Å². The van der Waals surface area contributed by atoms with Gasteiger partial charge in [-0.1, -0.05) is 23.2 Å². The summed E-state index contributed by atoms with van der Waals surface area (Å²) >= 11 is 12.0. The lowest BCUT2D eigenvalue weighted by Gasteiger charge is -2.55. The zero-order valence-electron chi connectivity index (χ0n) is 15.8. The molecule has 0 bridgehead atoms. The van der Waals surface area contributed by atoms with Gasteiger partial charge in [0.15, 0.2) is 0 Å². The van der Waals surface area contributed by atoms with E-state index >= 15 is 0 Å². The van der Waals surface area contributed by atoms with Gasteiger partial charge in [0.1, 0.15) is 12.1 Å². The van der Waals surface area contributed by atoms with E-state index in [1.165, 1.54) is 6.33 Å². The first-order valence-corrected chi connectivity index (χ1v) is 10.1. The molecule has 2 aliphatic rings. The molecule has 1 spiro atoms. The number of pyridine rings is 1. The second-order valence-electron chi connectivity index (χ2n) is 7.65. The molecule has 9 heteroatoms. The largest absolute Gasteiger partial charge is 0.380 e. The molecular weight excluding hydrogens is 425 g/mol. The average molecular weight is 442 g/mol. The summed E-state index contributed by atoms with van der Waals surface area (Å²) in [6.07, 6.45) is 6.49. The number of carbonyl (C=O) groups is 1. The Hall–Kier alpha value is -2.74. The molecule has 1 amide bonds. The zero-order valence-corrected chi connectivity index (χ0v) is 17.3. The van der Waals surface area contributed by atoms with Crippen molar-refractivity contribution in [1.82, 2.24) is 15.0 Å². The lowest BCUT2D eigenvalue weighted by molar-refractivity contribution is -0.127. The monoisotopic (exact) mass is 441 g/mol. The number of rotatable bonds is 4. The van der Waals surface area contributed by atoms with Crippen molar-refractivity contribution in [2.45, 2.75) is 0 Å². The number of anilines is 2. The van der Waals surface area contributed by atoms with Crippen LogP contribution in [0.15, 0.2) is 49.2 Å². The summed E-state index contributed by atoms with van der Waals surface area (Å²) in [4.78, 5) is 27.9. The minimum Gasteiger partial charge on any atom is -0.380 e. The molecule has 3 aromatic rings. The molecule has 7 nitrogen and oxygen atoms in total. The van der Waals surface area contributed by atoms with E-state index in [4.69, 9.17) is 27.9 Å². The molecular formula is C21H17Cl2N5O2. The van der Waals surface area contributed by atoms with Crippen LogP contribution in [0.2, 0.25) is 10.0 Å². The first-order chi connectivity index (χ1) is 14.5. The Bertz CT molecular complexity index is 1110. The van der Waals surface area contributed by atoms with Crippen LogP contribution in [0.5, 0.6) is 0 Å². The van der Waals surface area contributed by atoms with Crippen LogP contribution in [0.25, 0.3) is 11.1 Å². The van der Waals surface area contributed by atoms with Gasteiger partial charge in [-0.2, -0.15) is 0 Å². The Balaban J connectivity index is 1.44. The molecule has 2 fully saturated rings. The molecule has 5 rings (SSSR count). The van der Waals surface area contributed by atoms with Crippen LogP contribution in [-0.4, -0.2) is 47.2 Å². The number of amides is 1. The van der Waals surface area contributed by atoms with E-state index in [0.29, 0.717) is 21.3 Å². The maximum Gasteiger partial charge on any atom is 0.257 e. The summed E-state index contributed by atoms with van der Waals surface area (Å²) in [6.45, 7) is 3.35. The molecule has 1 N–H and O–H groups in total. The van der Waals surface area contributed by atoms with Gasteiger partial charge in [0.25, 0.3) is 5.91 Å². The highest BCUT2D eigenvalue weighted by Crippen LogP contribution is 2.42. The third-order valence-corrected chi connectivity index (χ3v) is 6.09. The van der Waals surface area contributed by atoms with Crippen LogP contribution < -0.4 is 10.2 Å². The summed E-state index contributed by atoms with van der Waals surface area (Å²) in [6, 6.07) is 6.75. The van der Waals surface area contributed by atoms with E-state index in [9.17, 15) is 4.79 Å². The van der Waals surface area contributed by atoms with Gasteiger partial charge in [-0.05, 0) is 24.3 Å². The van der Waals surface area contributed by atoms with Crippen molar-refractivity contribution in [2.75, 3.05) is 36.5 Å². The second-order valence-corrected chi connectivity index (χ2v) is 8.47. The third-order valence-electron chi connectivity index (χ3n) is 5.35. The minimum atomic E-state index is -0.294. The van der Waals surface area contributed by atoms with Crippen molar-refractivity contribution in [2.24, 2.45) is 5.41 Å². The molecule has 2 saturated heterocycles. The quantitative estimate of drug-likeness (QED) is 0.660. The van der Waals surface area contributed by atoms with Crippen molar-refractivity contribution in [3.8, 4) is 11.1 Å². The molecule has 152 valence electrons. The van der Waals surface area contributed by atoms with Crippen molar-refractivity contribution < 1.29 is 9.53 Å². The van der Waals surface area contributed by atoms with Crippen LogP contribution in [0, 0.1) is 5.41 Å². The third kappa shape index (κ3) is 3.49. The van der Waals surface area contributed by atoms with Crippen molar-refractivity contribution in [1.29, 1.82) is 0 Å². The van der Waals surface area contributed by atoms with Crippen LogP contribution in [0.1, 0.15) is 10.4 Å². The van der Waals surface area contributed by atoms with Gasteiger partial charge in [-0.15, -0.1) is 0 Å². The van der Waals surface area contributed by atoms with Crippen LogP contribution >= 0.6 is 23.2 Å². The van der Waals surface area contributed by atoms with Gasteiger partial charge in [-0.25, -0.2) is 15.0 Å². The fraction of sp³-hybridized carbons (Fsp3) is 0.238. The Morgan fingerprint density at radius 3 is 2.50 bits per heavy atom. The molecule has 4 heterocycles. The number of ether oxygens (including phenoxy) is 1. The van der Waals surface area contributed by atoms with E-state index in [0.717, 1.165) is 43.2 Å². The highest BCUT2D eigenvalue weighted by molar-refractivity contribution is 6.42. The molecule has 30 heavy (non-hydrogen) atoms. The first kappa shape index (κ1) is 19.2. The first-order valence-electron chi connectivity index (χ1n) is 9.38. The van der Waals surface area contributed by atoms with Gasteiger partial charge in [-0.3, -0.25) is 4.79 Å². The normalized spacial score (nSPS) is 16.7. The Labute approximate surface area is 183 Å². The minimum absolute atomic E-state index is 0.246. The van der Waals surface area contributed by atoms with Crippen LogP contribution in [0.4, 0.5) is 11.5 Å². The Morgan fingerprint density at radius 1 is 1.07 bits per heavy atom. The SMILES string of the molecule is O=C(Nc1ccc(Cl)c(Cl)c1)c1cnc(N2CC3(COC3)C2)c(-c2cncnc2)c1. The Morgan fingerprint density at radius 2 is 1.83 bits per heavy atom. The second kappa shape index (κ2) is 7.50. The molecule has 0 radical (unpaired) electrons. The van der Waals surface area contributed by atoms with Crippen molar-refractivity contribution in [3.63, 3.8) is 0 Å². The maximum atomic E-state index is 12.8. The smallest absolute Gasteiger partial charge is 0.257 e. The number of nitrogens with zero attached hydrogens (tertiary/aromatic N) is 4. The molecule has 2 aromatic heterocycles. The highest BCUT2D eigenvalue weighted by Gasteiger charge is 2.49. The standard InChI is InChI=1S/C21H17Cl2N5O2/c22-17-2-1-15(4-18(17)23)27-20(29)13-3-16(14-5-24-12-25-6-14)19(26-7-13)28-8-21(9-28)10-30-11-21/h1-7,12H,8-11H2,(H,27,29). The molecule has 1 aromatic carbocycles. The number of carbonyl (C=O) groups excluding carboxylic acids is 1. The number of hydrogen-bond acceptors (Lipinski definition) is 6. The van der Waals surface area contributed by atoms with Crippen LogP contribution in [-0.2, 0) is 4.74 Å². The Kier molecular flexibility index (Phi) is 4.81. The predicted octanol–water partition coefficient (Wildman–Crippen LogP) is 3.93. The van der Waals surface area contributed by atoms with E-state index < -0.39 is 0 Å². The summed E-state index contributed by atoms with van der Waals surface area (Å²) in [5.41, 5.74) is 2.84. The van der Waals surface area contributed by atoms with Crippen molar-refractivity contribution in [3.05, 3.63) is 64.8 Å². The molecule has 2 aliphatic heterocycles. The van der Waals surface area contributed by atoms with Gasteiger partial charge >= 0.3 is 0 Å². The van der Waals surface area contributed by atoms with E-state index in [2.05, 4.69) is 25.2 Å². The predicted molar refractivity (Wildman–Crippen MR) is 115 cm³/mol. The summed E-state index contributed by atoms with van der Waals surface area (Å²) < 4.78 is 5.36. The van der Waals surface area contributed by atoms with Gasteiger partial charge in [0, 0.05) is 48.5 Å². The molecule has 0 atom stereocenters. The molecule has 0 aliphatic carbocycles. The summed E-state index contributed by atoms with van der Waals surface area (Å²) in [5.74, 6) is 0.520. The molecule has 0 saturated carbocycles. The number of aromatic nitrogens is 3. The van der Waals surface area contributed by atoms with Crippen molar-refractivity contribution >= 4 is 40.6 Å². The number of benzene rings is 1. The summed E-state index contributed by atoms with van der Waals surface area (Å²) in [5, 5.41) is 3.63. The molecule has 0 unspecified atom stereocenters. The van der Waals surface area contributed by atoms with E-state index in [1.807, 2.05) is 6.07 Å². The maximum absolute atomic E-state index is 12.8. The number of hydrogen-bond donors (Lipinski definition) is 1. The lowest BCUT2D eigenvalue weighted by atomic mass is 9.78. The average Bonchev–Trinajstić information content (AvgIpc) is 2.69. The fourth-order valence-corrected chi connectivity index (χ4v) is 4.05. The number of nitrogens with one attached hydrogen (secondary N) is 1. The van der Waals surface area contributed by atoms with Gasteiger partial charge in [0.2, 0.25) is 0 Å². The lowest BCUT2D eigenvalue weighted by Crippen LogP contribution is -2.66. The van der Waals surface area contributed by atoms with Gasteiger partial charge < -0.3 is 15.0 Å². The van der Waals surface area contributed by atoms with Gasteiger partial charge in [0.05, 0.1) is 34.2 Å². The highest BCUT2D eigenvalue weighted by atomic mass is 35.5. The summed E-state index contributed by atoms with van der Waals surface area (Å²) in [7, 11) is 0. The van der Waals surface area contributed by atoms with E-state index in [1.54, 1.807) is 36.8 Å². The number of halogens is 2. The van der Waals surface area contributed by atoms with Crippen LogP contribution in [0.3, 0.4) is 0 Å². The topological polar surface area (TPSA) is 80.2 Å².